The van der Waals surface area contributed by atoms with Crippen molar-refractivity contribution < 1.29 is 0 Å². The van der Waals surface area contributed by atoms with Gasteiger partial charge >= 0.3 is 0 Å². The molecule has 10 heavy (non-hydrogen) atoms. The molecule has 0 unspecified atom stereocenters. The number of rotatable bonds is 0. The van der Waals surface area contributed by atoms with Crippen LogP contribution in [0.5, 0.6) is 0 Å². The van der Waals surface area contributed by atoms with Crippen molar-refractivity contribution in [2.75, 3.05) is 6.54 Å². The van der Waals surface area contributed by atoms with Gasteiger partial charge in [0.25, 0.3) is 0 Å². The van der Waals surface area contributed by atoms with Crippen molar-refractivity contribution in [2.45, 2.75) is 27.7 Å². The molecular formula is C8H16N2. The lowest BCUT2D eigenvalue weighted by Crippen LogP contribution is -2.37. The Labute approximate surface area is 62.7 Å². The minimum Gasteiger partial charge on any atom is -0.309 e. The van der Waals surface area contributed by atoms with Gasteiger partial charge < -0.3 is 5.43 Å². The molecule has 0 aromatic carbocycles. The average Bonchev–Trinajstić information content (AvgIpc) is 2.13. The molecule has 1 atom stereocenters. The summed E-state index contributed by atoms with van der Waals surface area (Å²) in [6.45, 7) is 9.93. The number of hydrogen-bond donors (Lipinski definition) is 1. The fourth-order valence-corrected chi connectivity index (χ4v) is 0.902. The van der Waals surface area contributed by atoms with Gasteiger partial charge in [0, 0.05) is 18.2 Å². The van der Waals surface area contributed by atoms with E-state index in [-0.39, 0.29) is 5.41 Å². The van der Waals surface area contributed by atoms with Crippen LogP contribution in [0.1, 0.15) is 27.7 Å². The van der Waals surface area contributed by atoms with Crippen molar-refractivity contribution in [1.29, 1.82) is 0 Å². The van der Waals surface area contributed by atoms with Crippen molar-refractivity contribution >= 4 is 6.21 Å². The van der Waals surface area contributed by atoms with Crippen LogP contribution in [0.2, 0.25) is 0 Å². The first-order chi connectivity index (χ1) is 4.46. The Kier molecular flexibility index (Phi) is 1.50. The highest BCUT2D eigenvalue weighted by Gasteiger charge is 2.37. The third-order valence-electron chi connectivity index (χ3n) is 2.60. The summed E-state index contributed by atoms with van der Waals surface area (Å²) < 4.78 is 0. The van der Waals surface area contributed by atoms with Gasteiger partial charge in [0.2, 0.25) is 0 Å². The van der Waals surface area contributed by atoms with Crippen LogP contribution in [-0.2, 0) is 0 Å². The van der Waals surface area contributed by atoms with E-state index < -0.39 is 0 Å². The maximum atomic E-state index is 4.03. The zero-order valence-electron chi connectivity index (χ0n) is 7.23. The SMILES string of the molecule is CC(C)(C)[C@@]1(C)C=NNC1. The number of hydrogen-bond acceptors (Lipinski definition) is 2. The van der Waals surface area contributed by atoms with Crippen LogP contribution in [0, 0.1) is 10.8 Å². The van der Waals surface area contributed by atoms with Crippen LogP contribution in [0.15, 0.2) is 5.10 Å². The summed E-state index contributed by atoms with van der Waals surface area (Å²) >= 11 is 0. The predicted molar refractivity (Wildman–Crippen MR) is 44.1 cm³/mol. The number of nitrogens with zero attached hydrogens (tertiary/aromatic N) is 1. The molecule has 2 nitrogen and oxygen atoms in total. The molecule has 0 saturated heterocycles. The summed E-state index contributed by atoms with van der Waals surface area (Å²) in [4.78, 5) is 0. The lowest BCUT2D eigenvalue weighted by molar-refractivity contribution is 0.207. The van der Waals surface area contributed by atoms with Gasteiger partial charge in [0.15, 0.2) is 0 Å². The van der Waals surface area contributed by atoms with Crippen LogP contribution in [0.3, 0.4) is 0 Å². The zero-order valence-corrected chi connectivity index (χ0v) is 7.23. The summed E-state index contributed by atoms with van der Waals surface area (Å²) in [7, 11) is 0. The van der Waals surface area contributed by atoms with Gasteiger partial charge in [0.05, 0.1) is 0 Å². The van der Waals surface area contributed by atoms with E-state index in [1.807, 2.05) is 6.21 Å². The van der Waals surface area contributed by atoms with Gasteiger partial charge in [0.1, 0.15) is 0 Å². The van der Waals surface area contributed by atoms with E-state index in [1.165, 1.54) is 0 Å². The quantitative estimate of drug-likeness (QED) is 0.543. The van der Waals surface area contributed by atoms with E-state index in [9.17, 15) is 0 Å². The fraction of sp³-hybridized carbons (Fsp3) is 0.875. The van der Waals surface area contributed by atoms with Crippen molar-refractivity contribution in [3.8, 4) is 0 Å². The fourth-order valence-electron chi connectivity index (χ4n) is 0.902. The van der Waals surface area contributed by atoms with E-state index in [2.05, 4.69) is 38.2 Å². The highest BCUT2D eigenvalue weighted by Crippen LogP contribution is 2.37. The summed E-state index contributed by atoms with van der Waals surface area (Å²) in [5.41, 5.74) is 3.52. The predicted octanol–water partition coefficient (Wildman–Crippen LogP) is 1.63. The van der Waals surface area contributed by atoms with Gasteiger partial charge in [-0.25, -0.2) is 0 Å². The van der Waals surface area contributed by atoms with Crippen molar-refractivity contribution in [3.63, 3.8) is 0 Å². The van der Waals surface area contributed by atoms with Crippen molar-refractivity contribution in [3.05, 3.63) is 0 Å². The first kappa shape index (κ1) is 7.58. The van der Waals surface area contributed by atoms with Gasteiger partial charge in [-0.2, -0.15) is 5.10 Å². The molecule has 0 spiro atoms. The Morgan fingerprint density at radius 2 is 2.10 bits per heavy atom. The summed E-state index contributed by atoms with van der Waals surface area (Å²) in [6, 6.07) is 0. The zero-order chi connectivity index (χ0) is 7.83. The van der Waals surface area contributed by atoms with Gasteiger partial charge in [-0.05, 0) is 5.41 Å². The largest absolute Gasteiger partial charge is 0.309 e. The highest BCUT2D eigenvalue weighted by molar-refractivity contribution is 5.68. The summed E-state index contributed by atoms with van der Waals surface area (Å²) in [5.74, 6) is 0. The smallest absolute Gasteiger partial charge is 0.0438 e. The molecule has 0 bridgehead atoms. The molecule has 1 rings (SSSR count). The Morgan fingerprint density at radius 3 is 2.30 bits per heavy atom. The normalized spacial score (nSPS) is 32.4. The minimum absolute atomic E-state index is 0.229. The molecule has 1 heterocycles. The second-order valence-corrected chi connectivity index (χ2v) is 4.26. The van der Waals surface area contributed by atoms with E-state index in [0.717, 1.165) is 6.54 Å². The van der Waals surface area contributed by atoms with Crippen molar-refractivity contribution in [1.82, 2.24) is 5.43 Å². The average molecular weight is 140 g/mol. The summed E-state index contributed by atoms with van der Waals surface area (Å²) in [6.07, 6.45) is 2.02. The molecule has 1 aliphatic rings. The lowest BCUT2D eigenvalue weighted by Gasteiger charge is -2.35. The van der Waals surface area contributed by atoms with Crippen LogP contribution in [-0.4, -0.2) is 12.8 Å². The number of nitrogens with one attached hydrogen (secondary N) is 1. The maximum absolute atomic E-state index is 4.03. The third kappa shape index (κ3) is 1.02. The van der Waals surface area contributed by atoms with Crippen molar-refractivity contribution in [2.24, 2.45) is 15.9 Å². The highest BCUT2D eigenvalue weighted by atomic mass is 15.3. The molecule has 58 valence electrons. The molecule has 0 fully saturated rings. The topological polar surface area (TPSA) is 24.4 Å². The Hall–Kier alpha value is -0.530. The molecule has 0 amide bonds. The van der Waals surface area contributed by atoms with Crippen LogP contribution >= 0.6 is 0 Å². The molecule has 0 radical (unpaired) electrons. The monoisotopic (exact) mass is 140 g/mol. The molecule has 0 saturated carbocycles. The molecule has 0 aromatic rings. The Bertz CT molecular complexity index is 155. The van der Waals surface area contributed by atoms with Gasteiger partial charge in [-0.1, -0.05) is 27.7 Å². The van der Waals surface area contributed by atoms with Gasteiger partial charge in [-0.15, -0.1) is 0 Å². The molecule has 1 aliphatic heterocycles. The first-order valence-corrected chi connectivity index (χ1v) is 3.73. The lowest BCUT2D eigenvalue weighted by atomic mass is 9.69. The van der Waals surface area contributed by atoms with E-state index in [0.29, 0.717) is 5.41 Å². The Balaban J connectivity index is 2.78. The minimum atomic E-state index is 0.229. The second-order valence-electron chi connectivity index (χ2n) is 4.26. The maximum Gasteiger partial charge on any atom is 0.0438 e. The molecule has 0 aliphatic carbocycles. The molecule has 1 N–H and O–H groups in total. The van der Waals surface area contributed by atoms with E-state index in [4.69, 9.17) is 0 Å². The van der Waals surface area contributed by atoms with Gasteiger partial charge in [-0.3, -0.25) is 0 Å². The summed E-state index contributed by atoms with van der Waals surface area (Å²) in [5, 5.41) is 4.03. The number of hydrazone groups is 1. The Morgan fingerprint density at radius 1 is 1.50 bits per heavy atom. The first-order valence-electron chi connectivity index (χ1n) is 3.73. The van der Waals surface area contributed by atoms with Crippen LogP contribution < -0.4 is 5.43 Å². The standard InChI is InChI=1S/C8H16N2/c1-7(2,3)8(4)5-9-10-6-8/h5,10H,6H2,1-4H3/t8-/m0/s1. The van der Waals surface area contributed by atoms with Crippen LogP contribution in [0.4, 0.5) is 0 Å². The third-order valence-corrected chi connectivity index (χ3v) is 2.60. The van der Waals surface area contributed by atoms with E-state index >= 15 is 0 Å². The van der Waals surface area contributed by atoms with E-state index in [1.54, 1.807) is 0 Å². The van der Waals surface area contributed by atoms with Crippen LogP contribution in [0.25, 0.3) is 0 Å². The molecular weight excluding hydrogens is 124 g/mol. The second kappa shape index (κ2) is 1.97. The molecule has 0 aromatic heterocycles. The molecule has 2 heteroatoms.